The number of hydrogen-bond donors (Lipinski definition) is 5. The lowest BCUT2D eigenvalue weighted by atomic mass is 9.95. The van der Waals surface area contributed by atoms with Crippen LogP contribution in [0, 0.1) is 18.2 Å². The number of halogens is 1. The fraction of sp³-hybridized carbons (Fsp3) is 0.385. The number of nitrogens with one attached hydrogen (secondary N) is 1. The lowest BCUT2D eigenvalue weighted by Gasteiger charge is -2.26. The molecule has 3 heterocycles. The highest BCUT2D eigenvalue weighted by atomic mass is 19.1. The van der Waals surface area contributed by atoms with E-state index in [9.17, 15) is 24.5 Å². The van der Waals surface area contributed by atoms with Gasteiger partial charge in [0.15, 0.2) is 23.3 Å². The molecule has 4 atom stereocenters. The molecule has 1 unspecified atom stereocenters. The number of aromatic amines is 1. The van der Waals surface area contributed by atoms with Crippen molar-refractivity contribution in [3.8, 4) is 12.3 Å². The molecule has 1 saturated heterocycles. The van der Waals surface area contributed by atoms with Crippen molar-refractivity contribution in [1.29, 1.82) is 0 Å². The van der Waals surface area contributed by atoms with E-state index >= 15 is 0 Å². The third kappa shape index (κ3) is 2.02. The topological polar surface area (TPSA) is 147 Å². The molecule has 23 heavy (non-hydrogen) atoms. The van der Waals surface area contributed by atoms with Gasteiger partial charge in [-0.05, 0) is 0 Å². The summed E-state index contributed by atoms with van der Waals surface area (Å²) >= 11 is 0. The zero-order valence-electron chi connectivity index (χ0n) is 11.6. The number of nitrogen functional groups attached to an aromatic ring is 1. The minimum atomic E-state index is -2.26. The Balaban J connectivity index is 2.25. The van der Waals surface area contributed by atoms with Gasteiger partial charge in [0.05, 0.1) is 6.61 Å². The zero-order chi connectivity index (χ0) is 16.9. The van der Waals surface area contributed by atoms with Crippen LogP contribution in [0.2, 0.25) is 0 Å². The zero-order valence-corrected chi connectivity index (χ0v) is 11.6. The van der Waals surface area contributed by atoms with Gasteiger partial charge < -0.3 is 25.8 Å². The number of rotatable bonds is 2. The predicted molar refractivity (Wildman–Crippen MR) is 75.5 cm³/mol. The molecule has 0 aromatic carbocycles. The fourth-order valence-corrected chi connectivity index (χ4v) is 2.66. The molecule has 6 N–H and O–H groups in total. The minimum absolute atomic E-state index is 0.215. The molecule has 122 valence electrons. The highest BCUT2D eigenvalue weighted by molar-refractivity contribution is 5.77. The van der Waals surface area contributed by atoms with Crippen LogP contribution >= 0.6 is 0 Å². The van der Waals surface area contributed by atoms with Crippen LogP contribution < -0.4 is 11.3 Å². The number of H-pyrrole nitrogens is 1. The van der Waals surface area contributed by atoms with Gasteiger partial charge in [0, 0.05) is 6.20 Å². The number of fused-ring (bicyclic) bond motifs is 1. The number of nitrogens with zero attached hydrogens (tertiary/aromatic N) is 2. The fourth-order valence-electron chi connectivity index (χ4n) is 2.66. The van der Waals surface area contributed by atoms with Crippen LogP contribution in [-0.4, -0.2) is 54.3 Å². The Morgan fingerprint density at radius 3 is 2.96 bits per heavy atom. The summed E-state index contributed by atoms with van der Waals surface area (Å²) in [5.74, 6) is 0.781. The molecule has 0 aliphatic carbocycles. The molecular formula is C13H13FN4O5. The van der Waals surface area contributed by atoms with Crippen LogP contribution in [0.1, 0.15) is 6.23 Å². The normalized spacial score (nSPS) is 30.7. The van der Waals surface area contributed by atoms with Crippen LogP contribution in [0.25, 0.3) is 11.0 Å². The minimum Gasteiger partial charge on any atom is -0.394 e. The van der Waals surface area contributed by atoms with Gasteiger partial charge in [0.1, 0.15) is 17.6 Å². The van der Waals surface area contributed by atoms with Crippen molar-refractivity contribution in [2.45, 2.75) is 24.0 Å². The number of hydrogen-bond acceptors (Lipinski definition) is 7. The second kappa shape index (κ2) is 5.04. The number of aliphatic hydroxyl groups is 3. The first kappa shape index (κ1) is 15.4. The van der Waals surface area contributed by atoms with Gasteiger partial charge in [-0.3, -0.25) is 14.3 Å². The molecule has 2 aromatic heterocycles. The van der Waals surface area contributed by atoms with Crippen molar-refractivity contribution in [2.24, 2.45) is 0 Å². The van der Waals surface area contributed by atoms with Gasteiger partial charge in [0.2, 0.25) is 5.95 Å². The lowest BCUT2D eigenvalue weighted by Crippen LogP contribution is -2.45. The van der Waals surface area contributed by atoms with Crippen LogP contribution in [0.3, 0.4) is 0 Å². The van der Waals surface area contributed by atoms with Crippen LogP contribution in [0.4, 0.5) is 10.3 Å². The molecule has 0 radical (unpaired) electrons. The van der Waals surface area contributed by atoms with Crippen molar-refractivity contribution in [3.05, 3.63) is 22.4 Å². The van der Waals surface area contributed by atoms with Gasteiger partial charge in [-0.25, -0.2) is 4.39 Å². The monoisotopic (exact) mass is 324 g/mol. The van der Waals surface area contributed by atoms with Crippen molar-refractivity contribution in [2.75, 3.05) is 12.3 Å². The number of terminal acetylenes is 1. The van der Waals surface area contributed by atoms with Crippen molar-refractivity contribution in [3.63, 3.8) is 0 Å². The Bertz CT molecular complexity index is 872. The molecule has 0 amide bonds. The summed E-state index contributed by atoms with van der Waals surface area (Å²) in [5, 5.41) is 29.3. The van der Waals surface area contributed by atoms with Gasteiger partial charge in [-0.1, -0.05) is 5.92 Å². The Labute approximate surface area is 128 Å². The summed E-state index contributed by atoms with van der Waals surface area (Å²) in [6, 6.07) is 0. The maximum atomic E-state index is 14.1. The molecule has 1 aliphatic rings. The quantitative estimate of drug-likeness (QED) is 0.404. The van der Waals surface area contributed by atoms with Crippen LogP contribution in [-0.2, 0) is 4.74 Å². The van der Waals surface area contributed by atoms with E-state index in [0.29, 0.717) is 0 Å². The maximum absolute atomic E-state index is 14.1. The summed E-state index contributed by atoms with van der Waals surface area (Å²) in [6.07, 6.45) is 1.84. The summed E-state index contributed by atoms with van der Waals surface area (Å²) in [4.78, 5) is 17.8. The number of anilines is 1. The first-order chi connectivity index (χ1) is 10.8. The first-order valence-corrected chi connectivity index (χ1v) is 6.53. The second-order valence-electron chi connectivity index (χ2n) is 5.16. The highest BCUT2D eigenvalue weighted by Gasteiger charge is 2.55. The average Bonchev–Trinajstić information content (AvgIpc) is 2.95. The lowest BCUT2D eigenvalue weighted by molar-refractivity contribution is -0.0720. The predicted octanol–water partition coefficient (Wildman–Crippen LogP) is -1.94. The SMILES string of the molecule is C#C[C@@]1(O)C(O)[C@@H](CO)O[C@H]1n1cc(F)c2c(=O)[nH]c(N)nc21. The summed E-state index contributed by atoms with van der Waals surface area (Å²) in [7, 11) is 0. The third-order valence-electron chi connectivity index (χ3n) is 3.80. The Kier molecular flexibility index (Phi) is 3.38. The van der Waals surface area contributed by atoms with Crippen molar-refractivity contribution < 1.29 is 24.4 Å². The summed E-state index contributed by atoms with van der Waals surface area (Å²) in [5.41, 5.74) is 2.16. The first-order valence-electron chi connectivity index (χ1n) is 6.53. The van der Waals surface area contributed by atoms with Crippen molar-refractivity contribution in [1.82, 2.24) is 14.5 Å². The molecule has 9 nitrogen and oxygen atoms in total. The molecular weight excluding hydrogens is 311 g/mol. The average molecular weight is 324 g/mol. The maximum Gasteiger partial charge on any atom is 0.264 e. The molecule has 1 aliphatic heterocycles. The number of aliphatic hydroxyl groups excluding tert-OH is 2. The van der Waals surface area contributed by atoms with Gasteiger partial charge in [0.25, 0.3) is 5.56 Å². The number of aromatic nitrogens is 3. The Morgan fingerprint density at radius 2 is 2.35 bits per heavy atom. The van der Waals surface area contributed by atoms with Gasteiger partial charge >= 0.3 is 0 Å². The van der Waals surface area contributed by atoms with Crippen molar-refractivity contribution >= 4 is 17.0 Å². The molecule has 3 rings (SSSR count). The smallest absolute Gasteiger partial charge is 0.264 e. The number of nitrogens with two attached hydrogens (primary N) is 1. The van der Waals surface area contributed by atoms with E-state index in [1.807, 2.05) is 5.92 Å². The van der Waals surface area contributed by atoms with E-state index in [4.69, 9.17) is 16.9 Å². The molecule has 0 bridgehead atoms. The molecule has 10 heteroatoms. The molecule has 0 spiro atoms. The Morgan fingerprint density at radius 1 is 1.65 bits per heavy atom. The van der Waals surface area contributed by atoms with E-state index < -0.39 is 47.4 Å². The van der Waals surface area contributed by atoms with Gasteiger partial charge in [-0.2, -0.15) is 4.98 Å². The third-order valence-corrected chi connectivity index (χ3v) is 3.80. The van der Waals surface area contributed by atoms with E-state index in [0.717, 1.165) is 10.8 Å². The second-order valence-corrected chi connectivity index (χ2v) is 5.16. The molecule has 0 saturated carbocycles. The summed E-state index contributed by atoms with van der Waals surface area (Å²) in [6.45, 7) is -0.626. The van der Waals surface area contributed by atoms with Crippen LogP contribution in [0.5, 0.6) is 0 Å². The molecule has 2 aromatic rings. The standard InChI is InChI=1S/C13H13FN4O5/c1-2-13(22)8(20)6(4-19)23-11(13)18-3-5(14)7-9(18)16-12(15)17-10(7)21/h1,3,6,8,11,19-20,22H,4H2,(H3,15,16,17,21)/t6-,8?,11-,13-/m1/s1. The van der Waals surface area contributed by atoms with E-state index in [1.54, 1.807) is 0 Å². The van der Waals surface area contributed by atoms with E-state index in [2.05, 4.69) is 9.97 Å². The highest BCUT2D eigenvalue weighted by Crippen LogP contribution is 2.39. The van der Waals surface area contributed by atoms with E-state index in [1.165, 1.54) is 0 Å². The van der Waals surface area contributed by atoms with Gasteiger partial charge in [-0.15, -0.1) is 6.42 Å². The Hall–Kier alpha value is -2.45. The number of ether oxygens (including phenoxy) is 1. The largest absolute Gasteiger partial charge is 0.394 e. The van der Waals surface area contributed by atoms with Crippen LogP contribution in [0.15, 0.2) is 11.0 Å². The van der Waals surface area contributed by atoms with E-state index in [-0.39, 0.29) is 11.6 Å². The summed E-state index contributed by atoms with van der Waals surface area (Å²) < 4.78 is 20.4. The molecule has 1 fully saturated rings.